The summed E-state index contributed by atoms with van der Waals surface area (Å²) in [7, 11) is 0. The van der Waals surface area contributed by atoms with Gasteiger partial charge in [-0.2, -0.15) is 4.98 Å². The van der Waals surface area contributed by atoms with Crippen molar-refractivity contribution in [1.82, 2.24) is 20.4 Å². The summed E-state index contributed by atoms with van der Waals surface area (Å²) >= 11 is 6.25. The Morgan fingerprint density at radius 1 is 1.09 bits per heavy atom. The van der Waals surface area contributed by atoms with E-state index in [4.69, 9.17) is 20.5 Å². The zero-order valence-electron chi connectivity index (χ0n) is 18.1. The van der Waals surface area contributed by atoms with Gasteiger partial charge in [-0.25, -0.2) is 4.79 Å². The molecule has 3 heterocycles. The molecule has 2 amide bonds. The van der Waals surface area contributed by atoms with Crippen LogP contribution in [-0.4, -0.2) is 21.1 Å². The number of rotatable bonds is 5. The number of nitrogens with one attached hydrogen (secondary N) is 1. The molecular formula is C25H21ClN4O3. The molecule has 0 fully saturated rings. The number of allylic oxidation sites excluding steroid dienone is 1. The van der Waals surface area contributed by atoms with Crippen molar-refractivity contribution in [1.29, 1.82) is 0 Å². The zero-order chi connectivity index (χ0) is 22.9. The van der Waals surface area contributed by atoms with Gasteiger partial charge in [0.15, 0.2) is 0 Å². The van der Waals surface area contributed by atoms with Crippen molar-refractivity contribution in [2.75, 3.05) is 0 Å². The zero-order valence-corrected chi connectivity index (χ0v) is 18.8. The number of aryl methyl sites for hydroxylation is 1. The first-order chi connectivity index (χ1) is 16.0. The highest BCUT2D eigenvalue weighted by Gasteiger charge is 2.36. The van der Waals surface area contributed by atoms with Gasteiger partial charge in [-0.15, -0.1) is 0 Å². The molecule has 5 rings (SSSR count). The number of carbonyl (C=O) groups excluding carboxylic acids is 1. The SMILES string of the molecule is CC1=C(c2nc(-c3ccc(C)cc3)no2)C(c2cccc(Cl)c2)NC(=O)N1Cc1ccco1. The molecule has 8 heteroatoms. The van der Waals surface area contributed by atoms with Crippen LogP contribution >= 0.6 is 11.6 Å². The van der Waals surface area contributed by atoms with Gasteiger partial charge < -0.3 is 14.3 Å². The van der Waals surface area contributed by atoms with Gasteiger partial charge in [0, 0.05) is 16.3 Å². The standard InChI is InChI=1S/C25H21ClN4O3/c1-15-8-10-17(11-9-15)23-28-24(33-29-23)21-16(2)30(14-20-7-4-12-32-20)25(31)27-22(21)18-5-3-6-19(26)13-18/h3-13,22H,14H2,1-2H3,(H,27,31). The molecule has 1 aliphatic rings. The Hall–Kier alpha value is -3.84. The summed E-state index contributed by atoms with van der Waals surface area (Å²) in [6.45, 7) is 4.16. The Morgan fingerprint density at radius 3 is 2.64 bits per heavy atom. The fourth-order valence-electron chi connectivity index (χ4n) is 3.90. The highest BCUT2D eigenvalue weighted by atomic mass is 35.5. The Balaban J connectivity index is 1.60. The van der Waals surface area contributed by atoms with Crippen molar-refractivity contribution in [2.45, 2.75) is 26.4 Å². The number of hydrogen-bond donors (Lipinski definition) is 1. The van der Waals surface area contributed by atoms with Crippen molar-refractivity contribution in [2.24, 2.45) is 0 Å². The molecule has 0 radical (unpaired) electrons. The average molecular weight is 461 g/mol. The molecule has 7 nitrogen and oxygen atoms in total. The fourth-order valence-corrected chi connectivity index (χ4v) is 4.09. The van der Waals surface area contributed by atoms with Crippen LogP contribution in [-0.2, 0) is 6.54 Å². The first-order valence-electron chi connectivity index (χ1n) is 10.5. The molecular weight excluding hydrogens is 440 g/mol. The summed E-state index contributed by atoms with van der Waals surface area (Å²) in [5.41, 5.74) is 4.21. The van der Waals surface area contributed by atoms with Gasteiger partial charge >= 0.3 is 6.03 Å². The van der Waals surface area contributed by atoms with E-state index in [-0.39, 0.29) is 12.6 Å². The second-order valence-electron chi connectivity index (χ2n) is 7.89. The molecule has 1 N–H and O–H groups in total. The summed E-state index contributed by atoms with van der Waals surface area (Å²) in [6, 6.07) is 18.1. The number of halogens is 1. The fraction of sp³-hybridized carbons (Fsp3) is 0.160. The third kappa shape index (κ3) is 4.15. The lowest BCUT2D eigenvalue weighted by Crippen LogP contribution is -2.45. The minimum atomic E-state index is -0.504. The molecule has 33 heavy (non-hydrogen) atoms. The van der Waals surface area contributed by atoms with Crippen LogP contribution in [0.1, 0.15) is 35.7 Å². The molecule has 2 aromatic heterocycles. The van der Waals surface area contributed by atoms with E-state index in [1.54, 1.807) is 23.3 Å². The van der Waals surface area contributed by atoms with E-state index in [9.17, 15) is 4.79 Å². The van der Waals surface area contributed by atoms with Crippen LogP contribution in [0.5, 0.6) is 0 Å². The van der Waals surface area contributed by atoms with Crippen LogP contribution in [0.2, 0.25) is 5.02 Å². The first kappa shape index (κ1) is 21.0. The third-order valence-corrected chi connectivity index (χ3v) is 5.87. The second kappa shape index (κ2) is 8.60. The van der Waals surface area contributed by atoms with Gasteiger partial charge in [-0.05, 0) is 43.7 Å². The Morgan fingerprint density at radius 2 is 1.91 bits per heavy atom. The van der Waals surface area contributed by atoms with Crippen molar-refractivity contribution >= 4 is 23.2 Å². The van der Waals surface area contributed by atoms with Gasteiger partial charge in [0.25, 0.3) is 5.89 Å². The summed E-state index contributed by atoms with van der Waals surface area (Å²) in [5, 5.41) is 7.83. The van der Waals surface area contributed by atoms with E-state index in [1.807, 2.05) is 62.4 Å². The van der Waals surface area contributed by atoms with Crippen LogP contribution in [0, 0.1) is 6.92 Å². The van der Waals surface area contributed by atoms with Gasteiger partial charge in [-0.3, -0.25) is 4.90 Å². The molecule has 1 aliphatic heterocycles. The maximum Gasteiger partial charge on any atom is 0.322 e. The largest absolute Gasteiger partial charge is 0.467 e. The molecule has 1 atom stereocenters. The number of benzene rings is 2. The maximum absolute atomic E-state index is 13.1. The molecule has 0 aliphatic carbocycles. The molecule has 166 valence electrons. The van der Waals surface area contributed by atoms with Gasteiger partial charge in [0.1, 0.15) is 5.76 Å². The highest BCUT2D eigenvalue weighted by Crippen LogP contribution is 2.38. The molecule has 0 saturated heterocycles. The molecule has 0 spiro atoms. The van der Waals surface area contributed by atoms with Crippen LogP contribution in [0.15, 0.2) is 81.6 Å². The summed E-state index contributed by atoms with van der Waals surface area (Å²) < 4.78 is 11.2. The van der Waals surface area contributed by atoms with Crippen LogP contribution in [0.4, 0.5) is 4.79 Å². The van der Waals surface area contributed by atoms with Gasteiger partial charge in [-0.1, -0.05) is 58.7 Å². The van der Waals surface area contributed by atoms with E-state index in [0.717, 1.165) is 16.7 Å². The van der Waals surface area contributed by atoms with E-state index in [1.165, 1.54) is 0 Å². The molecule has 0 bridgehead atoms. The molecule has 2 aromatic carbocycles. The number of furan rings is 1. The van der Waals surface area contributed by atoms with Crippen molar-refractivity contribution < 1.29 is 13.7 Å². The van der Waals surface area contributed by atoms with E-state index >= 15 is 0 Å². The number of urea groups is 1. The van der Waals surface area contributed by atoms with Crippen molar-refractivity contribution in [3.63, 3.8) is 0 Å². The summed E-state index contributed by atoms with van der Waals surface area (Å²) in [6.07, 6.45) is 1.58. The minimum absolute atomic E-state index is 0.254. The summed E-state index contributed by atoms with van der Waals surface area (Å²) in [5.74, 6) is 1.47. The van der Waals surface area contributed by atoms with Crippen LogP contribution in [0.25, 0.3) is 17.0 Å². The monoisotopic (exact) mass is 460 g/mol. The quantitative estimate of drug-likeness (QED) is 0.395. The molecule has 0 saturated carbocycles. The molecule has 4 aromatic rings. The second-order valence-corrected chi connectivity index (χ2v) is 8.33. The highest BCUT2D eigenvalue weighted by molar-refractivity contribution is 6.30. The lowest BCUT2D eigenvalue weighted by atomic mass is 9.94. The first-order valence-corrected chi connectivity index (χ1v) is 10.8. The van der Waals surface area contributed by atoms with Crippen LogP contribution < -0.4 is 5.32 Å². The Kier molecular flexibility index (Phi) is 5.48. The third-order valence-electron chi connectivity index (χ3n) is 5.64. The number of hydrogen-bond acceptors (Lipinski definition) is 5. The number of nitrogens with zero attached hydrogens (tertiary/aromatic N) is 3. The molecule has 1 unspecified atom stereocenters. The predicted octanol–water partition coefficient (Wildman–Crippen LogP) is 5.99. The van der Waals surface area contributed by atoms with Crippen LogP contribution in [0.3, 0.4) is 0 Å². The van der Waals surface area contributed by atoms with E-state index < -0.39 is 6.04 Å². The number of amides is 2. The van der Waals surface area contributed by atoms with Gasteiger partial charge in [0.2, 0.25) is 5.82 Å². The summed E-state index contributed by atoms with van der Waals surface area (Å²) in [4.78, 5) is 19.3. The van der Waals surface area contributed by atoms with E-state index in [2.05, 4.69) is 15.5 Å². The predicted molar refractivity (Wildman–Crippen MR) is 124 cm³/mol. The van der Waals surface area contributed by atoms with Crippen molar-refractivity contribution in [3.05, 3.63) is 100 Å². The topological polar surface area (TPSA) is 84.4 Å². The average Bonchev–Trinajstić information content (AvgIpc) is 3.49. The Bertz CT molecular complexity index is 1330. The lowest BCUT2D eigenvalue weighted by Gasteiger charge is -2.34. The van der Waals surface area contributed by atoms with Gasteiger partial charge in [0.05, 0.1) is 24.4 Å². The lowest BCUT2D eigenvalue weighted by molar-refractivity contribution is 0.199. The Labute approximate surface area is 195 Å². The number of aromatic nitrogens is 2. The minimum Gasteiger partial charge on any atom is -0.467 e. The van der Waals surface area contributed by atoms with E-state index in [0.29, 0.717) is 33.8 Å². The smallest absolute Gasteiger partial charge is 0.322 e. The maximum atomic E-state index is 13.1. The normalized spacial score (nSPS) is 16.3. The van der Waals surface area contributed by atoms with Crippen molar-refractivity contribution in [3.8, 4) is 11.4 Å². The number of carbonyl (C=O) groups is 1.